The van der Waals surface area contributed by atoms with E-state index in [1.165, 1.54) is 6.07 Å². The number of hydrogen-bond donors (Lipinski definition) is 2. The van der Waals surface area contributed by atoms with E-state index in [9.17, 15) is 4.79 Å². The predicted molar refractivity (Wildman–Crippen MR) is 123 cm³/mol. The number of aromatic amines is 1. The zero-order valence-electron chi connectivity index (χ0n) is 16.1. The molecule has 0 atom stereocenters. The smallest absolute Gasteiger partial charge is 0.193 e. The van der Waals surface area contributed by atoms with E-state index in [2.05, 4.69) is 15.3 Å². The second-order valence-electron chi connectivity index (χ2n) is 6.98. The second kappa shape index (κ2) is 7.28. The van der Waals surface area contributed by atoms with Gasteiger partial charge in [0.25, 0.3) is 0 Å². The van der Waals surface area contributed by atoms with Crippen molar-refractivity contribution in [1.29, 1.82) is 0 Å². The number of pyridine rings is 3. The molecule has 0 fully saturated rings. The molecule has 0 aliphatic carbocycles. The lowest BCUT2D eigenvalue weighted by Gasteiger charge is -2.13. The average Bonchev–Trinajstić information content (AvgIpc) is 2.78. The summed E-state index contributed by atoms with van der Waals surface area (Å²) < 4.78 is 0. The molecule has 0 spiro atoms. The molecule has 6 heteroatoms. The maximum atomic E-state index is 12.7. The Morgan fingerprint density at radius 1 is 0.967 bits per heavy atom. The molecular weight excluding hydrogens is 396 g/mol. The first kappa shape index (κ1) is 18.3. The van der Waals surface area contributed by atoms with Crippen molar-refractivity contribution in [2.24, 2.45) is 0 Å². The van der Waals surface area contributed by atoms with Crippen molar-refractivity contribution >= 4 is 39.4 Å². The minimum absolute atomic E-state index is 0.102. The highest BCUT2D eigenvalue weighted by Crippen LogP contribution is 2.36. The summed E-state index contributed by atoms with van der Waals surface area (Å²) in [5.74, 6) is 0.617. The summed E-state index contributed by atoms with van der Waals surface area (Å²) in [4.78, 5) is 25.1. The van der Waals surface area contributed by atoms with Crippen LogP contribution in [0.2, 0.25) is 5.02 Å². The lowest BCUT2D eigenvalue weighted by molar-refractivity contribution is 1.26. The van der Waals surface area contributed by atoms with Crippen molar-refractivity contribution in [2.75, 3.05) is 12.4 Å². The molecule has 30 heavy (non-hydrogen) atoms. The second-order valence-corrected chi connectivity index (χ2v) is 7.38. The van der Waals surface area contributed by atoms with Crippen LogP contribution >= 0.6 is 11.6 Å². The van der Waals surface area contributed by atoms with Crippen molar-refractivity contribution in [2.45, 2.75) is 0 Å². The maximum Gasteiger partial charge on any atom is 0.193 e. The van der Waals surface area contributed by atoms with Crippen LogP contribution in [0, 0.1) is 0 Å². The van der Waals surface area contributed by atoms with Gasteiger partial charge in [-0.2, -0.15) is 0 Å². The zero-order valence-corrected chi connectivity index (χ0v) is 16.9. The monoisotopic (exact) mass is 412 g/mol. The average molecular weight is 413 g/mol. The number of nitrogens with zero attached hydrogens (tertiary/aromatic N) is 2. The molecule has 0 bridgehead atoms. The van der Waals surface area contributed by atoms with E-state index in [1.807, 2.05) is 60.7 Å². The van der Waals surface area contributed by atoms with Gasteiger partial charge in [-0.15, -0.1) is 0 Å². The molecule has 0 radical (unpaired) electrons. The van der Waals surface area contributed by atoms with Crippen LogP contribution in [-0.4, -0.2) is 22.0 Å². The maximum absolute atomic E-state index is 12.7. The zero-order chi connectivity index (χ0) is 20.7. The third kappa shape index (κ3) is 3.09. The number of hydrogen-bond acceptors (Lipinski definition) is 4. The van der Waals surface area contributed by atoms with Gasteiger partial charge in [-0.1, -0.05) is 48.0 Å². The van der Waals surface area contributed by atoms with Gasteiger partial charge in [-0.3, -0.25) is 9.78 Å². The molecule has 0 aliphatic heterocycles. The number of benzene rings is 2. The van der Waals surface area contributed by atoms with Gasteiger partial charge in [-0.25, -0.2) is 4.98 Å². The predicted octanol–water partition coefficient (Wildman–Crippen LogP) is 5.50. The van der Waals surface area contributed by atoms with Crippen molar-refractivity contribution in [3.8, 4) is 22.4 Å². The van der Waals surface area contributed by atoms with Gasteiger partial charge in [0.2, 0.25) is 0 Å². The third-order valence-electron chi connectivity index (χ3n) is 5.10. The molecule has 3 aromatic heterocycles. The summed E-state index contributed by atoms with van der Waals surface area (Å²) in [6.45, 7) is 0. The van der Waals surface area contributed by atoms with Crippen molar-refractivity contribution in [3.63, 3.8) is 0 Å². The molecule has 2 aromatic carbocycles. The van der Waals surface area contributed by atoms with E-state index >= 15 is 0 Å². The number of rotatable bonds is 3. The fourth-order valence-corrected chi connectivity index (χ4v) is 3.92. The molecule has 146 valence electrons. The lowest BCUT2D eigenvalue weighted by Crippen LogP contribution is -2.07. The van der Waals surface area contributed by atoms with Crippen LogP contribution in [0.25, 0.3) is 44.3 Å². The minimum Gasteiger partial charge on any atom is -0.375 e. The fraction of sp³-hybridized carbons (Fsp3) is 0.0417. The third-order valence-corrected chi connectivity index (χ3v) is 5.39. The lowest BCUT2D eigenvalue weighted by atomic mass is 9.97. The molecule has 0 saturated heterocycles. The van der Waals surface area contributed by atoms with Gasteiger partial charge in [0, 0.05) is 35.8 Å². The van der Waals surface area contributed by atoms with Gasteiger partial charge in [0.1, 0.15) is 11.5 Å². The van der Waals surface area contributed by atoms with E-state index < -0.39 is 0 Å². The Labute approximate surface area is 177 Å². The summed E-state index contributed by atoms with van der Waals surface area (Å²) in [5, 5.41) is 4.98. The highest BCUT2D eigenvalue weighted by atomic mass is 35.5. The number of nitrogens with one attached hydrogen (secondary N) is 2. The molecule has 5 rings (SSSR count). The first-order valence-electron chi connectivity index (χ1n) is 9.50. The van der Waals surface area contributed by atoms with Crippen molar-refractivity contribution < 1.29 is 0 Å². The Bertz CT molecular complexity index is 1460. The molecule has 0 saturated carbocycles. The first-order chi connectivity index (χ1) is 14.6. The molecular formula is C24H17ClN4O. The SMILES string of the molecule is CNc1cc(=O)c2cc(-c3cc(Cl)c4ncccc4c3)c(-c3ccccc3)nc2[nH]1. The summed E-state index contributed by atoms with van der Waals surface area (Å²) >= 11 is 6.54. The summed E-state index contributed by atoms with van der Waals surface area (Å²) in [5.41, 5.74) is 4.61. The quantitative estimate of drug-likeness (QED) is 0.410. The standard InChI is InChI=1S/C24H17ClN4O/c1-26-21-13-20(30)18-12-17(16-10-15-8-5-9-27-23(15)19(25)11-16)22(29-24(18)28-21)14-6-3-2-4-7-14/h2-13H,1H3,(H2,26,28,29,30). The van der Waals surface area contributed by atoms with Gasteiger partial charge >= 0.3 is 0 Å². The summed E-state index contributed by atoms with van der Waals surface area (Å²) in [6.07, 6.45) is 1.72. The minimum atomic E-state index is -0.102. The normalized spacial score (nSPS) is 11.1. The van der Waals surface area contributed by atoms with Crippen LogP contribution < -0.4 is 10.7 Å². The Hall–Kier alpha value is -3.70. The Morgan fingerprint density at radius 2 is 1.80 bits per heavy atom. The van der Waals surface area contributed by atoms with Gasteiger partial charge in [0.15, 0.2) is 5.43 Å². The number of anilines is 1. The summed E-state index contributed by atoms with van der Waals surface area (Å²) in [6, 6.07) is 21.1. The van der Waals surface area contributed by atoms with Crippen LogP contribution in [0.15, 0.2) is 77.7 Å². The molecule has 0 unspecified atom stereocenters. The van der Waals surface area contributed by atoms with Crippen LogP contribution in [0.4, 0.5) is 5.82 Å². The molecule has 0 amide bonds. The number of aromatic nitrogens is 3. The molecule has 5 aromatic rings. The van der Waals surface area contributed by atoms with Crippen LogP contribution in [0.1, 0.15) is 0 Å². The van der Waals surface area contributed by atoms with Gasteiger partial charge in [0.05, 0.1) is 21.6 Å². The molecule has 3 heterocycles. The number of H-pyrrole nitrogens is 1. The van der Waals surface area contributed by atoms with Gasteiger partial charge in [-0.05, 0) is 29.8 Å². The van der Waals surface area contributed by atoms with E-state index in [0.29, 0.717) is 21.9 Å². The van der Waals surface area contributed by atoms with E-state index in [4.69, 9.17) is 16.6 Å². The largest absolute Gasteiger partial charge is 0.375 e. The number of halogens is 1. The Kier molecular flexibility index (Phi) is 4.45. The van der Waals surface area contributed by atoms with E-state index in [-0.39, 0.29) is 5.43 Å². The Balaban J connectivity index is 1.86. The van der Waals surface area contributed by atoms with Crippen LogP contribution in [0.3, 0.4) is 0 Å². The van der Waals surface area contributed by atoms with Crippen LogP contribution in [0.5, 0.6) is 0 Å². The topological polar surface area (TPSA) is 70.7 Å². The van der Waals surface area contributed by atoms with Gasteiger partial charge < -0.3 is 10.3 Å². The molecule has 2 N–H and O–H groups in total. The first-order valence-corrected chi connectivity index (χ1v) is 9.88. The summed E-state index contributed by atoms with van der Waals surface area (Å²) in [7, 11) is 1.76. The van der Waals surface area contributed by atoms with Crippen molar-refractivity contribution in [3.05, 3.63) is 88.2 Å². The highest BCUT2D eigenvalue weighted by molar-refractivity contribution is 6.35. The highest BCUT2D eigenvalue weighted by Gasteiger charge is 2.15. The molecule has 0 aliphatic rings. The fourth-order valence-electron chi connectivity index (χ4n) is 3.64. The van der Waals surface area contributed by atoms with Crippen LogP contribution in [-0.2, 0) is 0 Å². The Morgan fingerprint density at radius 3 is 2.60 bits per heavy atom. The van der Waals surface area contributed by atoms with E-state index in [1.54, 1.807) is 13.2 Å². The van der Waals surface area contributed by atoms with Crippen molar-refractivity contribution in [1.82, 2.24) is 15.0 Å². The number of fused-ring (bicyclic) bond motifs is 2. The van der Waals surface area contributed by atoms with E-state index in [0.717, 1.165) is 33.3 Å². The molecule has 5 nitrogen and oxygen atoms in total.